The van der Waals surface area contributed by atoms with Gasteiger partial charge in [0.2, 0.25) is 0 Å². The van der Waals surface area contributed by atoms with Crippen molar-refractivity contribution in [2.75, 3.05) is 5.01 Å². The molecule has 6 heteroatoms. The van der Waals surface area contributed by atoms with Gasteiger partial charge in [-0.15, -0.1) is 0 Å². The van der Waals surface area contributed by atoms with Crippen LogP contribution < -0.4 is 5.01 Å². The van der Waals surface area contributed by atoms with Gasteiger partial charge >= 0.3 is 0 Å². The predicted octanol–water partition coefficient (Wildman–Crippen LogP) is 3.95. The molecule has 1 amide bonds. The molecule has 4 nitrogen and oxygen atoms in total. The molecule has 134 valence electrons. The molecule has 0 fully saturated rings. The van der Waals surface area contributed by atoms with Crippen molar-refractivity contribution in [1.29, 1.82) is 0 Å². The van der Waals surface area contributed by atoms with E-state index in [1.54, 1.807) is 37.3 Å². The lowest BCUT2D eigenvalue weighted by Gasteiger charge is -2.14. The minimum absolute atomic E-state index is 0.101. The van der Waals surface area contributed by atoms with Crippen molar-refractivity contribution in [2.24, 2.45) is 11.0 Å². The van der Waals surface area contributed by atoms with Crippen LogP contribution >= 0.6 is 0 Å². The quantitative estimate of drug-likeness (QED) is 0.762. The van der Waals surface area contributed by atoms with Crippen LogP contribution in [0.25, 0.3) is 0 Å². The first-order chi connectivity index (χ1) is 12.3. The maximum atomic E-state index is 13.5. The Morgan fingerprint density at radius 1 is 1.15 bits per heavy atom. The zero-order chi connectivity index (χ0) is 18.9. The van der Waals surface area contributed by atoms with Gasteiger partial charge in [-0.3, -0.25) is 9.59 Å². The molecular formula is C20H18F2N2O2. The first-order valence-corrected chi connectivity index (χ1v) is 8.21. The summed E-state index contributed by atoms with van der Waals surface area (Å²) < 4.78 is 26.9. The van der Waals surface area contributed by atoms with Gasteiger partial charge in [0.1, 0.15) is 5.92 Å². The lowest BCUT2D eigenvalue weighted by atomic mass is 9.93. The van der Waals surface area contributed by atoms with Crippen molar-refractivity contribution in [2.45, 2.75) is 26.2 Å². The van der Waals surface area contributed by atoms with Crippen molar-refractivity contribution < 1.29 is 18.4 Å². The SMILES string of the molecule is CC1=NN(c2ccccc2)C(=O)C1C(=O)Cc1cccc(C(C)(F)F)c1. The summed E-state index contributed by atoms with van der Waals surface area (Å²) >= 11 is 0. The third-order valence-electron chi connectivity index (χ3n) is 4.27. The van der Waals surface area contributed by atoms with E-state index in [4.69, 9.17) is 0 Å². The molecule has 0 saturated carbocycles. The maximum absolute atomic E-state index is 13.5. The number of hydrogen-bond acceptors (Lipinski definition) is 3. The summed E-state index contributed by atoms with van der Waals surface area (Å²) in [6, 6.07) is 14.6. The Bertz CT molecular complexity index is 873. The number of para-hydroxylation sites is 1. The van der Waals surface area contributed by atoms with E-state index in [-0.39, 0.29) is 17.8 Å². The molecule has 2 aromatic carbocycles. The summed E-state index contributed by atoms with van der Waals surface area (Å²) in [5, 5.41) is 5.42. The lowest BCUT2D eigenvalue weighted by Crippen LogP contribution is -2.33. The van der Waals surface area contributed by atoms with Crippen LogP contribution in [0.15, 0.2) is 59.7 Å². The van der Waals surface area contributed by atoms with Gasteiger partial charge in [0.05, 0.1) is 11.4 Å². The number of nitrogens with zero attached hydrogens (tertiary/aromatic N) is 2. The molecule has 2 aromatic rings. The van der Waals surface area contributed by atoms with Gasteiger partial charge in [-0.25, -0.2) is 8.78 Å². The molecule has 0 bridgehead atoms. The highest BCUT2D eigenvalue weighted by Gasteiger charge is 2.39. The monoisotopic (exact) mass is 356 g/mol. The Balaban J connectivity index is 1.79. The van der Waals surface area contributed by atoms with Crippen LogP contribution in [0.5, 0.6) is 0 Å². The number of hydrazone groups is 1. The van der Waals surface area contributed by atoms with Crippen molar-refractivity contribution in [3.05, 3.63) is 65.7 Å². The third-order valence-corrected chi connectivity index (χ3v) is 4.27. The molecule has 1 aliphatic heterocycles. The number of ketones is 1. The number of carbonyl (C=O) groups is 2. The van der Waals surface area contributed by atoms with Crippen LogP contribution in [0.3, 0.4) is 0 Å². The van der Waals surface area contributed by atoms with E-state index < -0.39 is 17.7 Å². The second-order valence-electron chi connectivity index (χ2n) is 6.39. The Morgan fingerprint density at radius 3 is 2.50 bits per heavy atom. The number of carbonyl (C=O) groups excluding carboxylic acids is 2. The summed E-state index contributed by atoms with van der Waals surface area (Å²) in [5.41, 5.74) is 1.28. The third kappa shape index (κ3) is 3.54. The Kier molecular flexibility index (Phi) is 4.68. The molecule has 0 aromatic heterocycles. The molecule has 1 atom stereocenters. The smallest absolute Gasteiger partial charge is 0.270 e. The van der Waals surface area contributed by atoms with Gasteiger partial charge in [-0.1, -0.05) is 36.4 Å². The average Bonchev–Trinajstić information content (AvgIpc) is 2.89. The van der Waals surface area contributed by atoms with Gasteiger partial charge in [-0.05, 0) is 30.7 Å². The van der Waals surface area contributed by atoms with E-state index in [2.05, 4.69) is 5.10 Å². The Morgan fingerprint density at radius 2 is 1.85 bits per heavy atom. The van der Waals surface area contributed by atoms with Gasteiger partial charge in [0.25, 0.3) is 11.8 Å². The van der Waals surface area contributed by atoms with Gasteiger partial charge < -0.3 is 0 Å². The van der Waals surface area contributed by atoms with Gasteiger partial charge in [0, 0.05) is 18.9 Å². The second kappa shape index (κ2) is 6.78. The molecule has 3 rings (SSSR count). The fourth-order valence-electron chi connectivity index (χ4n) is 2.95. The summed E-state index contributed by atoms with van der Waals surface area (Å²) in [5.74, 6) is -4.74. The minimum atomic E-state index is -2.98. The molecule has 26 heavy (non-hydrogen) atoms. The van der Waals surface area contributed by atoms with Gasteiger partial charge in [-0.2, -0.15) is 10.1 Å². The average molecular weight is 356 g/mol. The maximum Gasteiger partial charge on any atom is 0.270 e. The van der Waals surface area contributed by atoms with E-state index in [0.717, 1.165) is 6.92 Å². The fourth-order valence-corrected chi connectivity index (χ4v) is 2.95. The Labute approximate surface area is 150 Å². The van der Waals surface area contributed by atoms with Crippen LogP contribution in [0.1, 0.15) is 25.0 Å². The van der Waals surface area contributed by atoms with Crippen molar-refractivity contribution in [3.63, 3.8) is 0 Å². The van der Waals surface area contributed by atoms with E-state index in [0.29, 0.717) is 17.0 Å². The molecule has 1 unspecified atom stereocenters. The van der Waals surface area contributed by atoms with E-state index in [1.165, 1.54) is 23.2 Å². The number of rotatable bonds is 5. The number of benzene rings is 2. The Hall–Kier alpha value is -2.89. The molecule has 0 spiro atoms. The first-order valence-electron chi connectivity index (χ1n) is 8.21. The van der Waals surface area contributed by atoms with Crippen molar-refractivity contribution in [3.8, 4) is 0 Å². The number of halogens is 2. The highest BCUT2D eigenvalue weighted by atomic mass is 19.3. The fraction of sp³-hybridized carbons (Fsp3) is 0.250. The number of amides is 1. The van der Waals surface area contributed by atoms with Crippen molar-refractivity contribution >= 4 is 23.1 Å². The summed E-state index contributed by atoms with van der Waals surface area (Å²) in [4.78, 5) is 25.3. The molecule has 0 saturated heterocycles. The van der Waals surface area contributed by atoms with Gasteiger partial charge in [0.15, 0.2) is 5.78 Å². The summed E-state index contributed by atoms with van der Waals surface area (Å²) in [6.07, 6.45) is -0.101. The number of Topliss-reactive ketones (excluding diaryl/α,β-unsaturated/α-hetero) is 1. The van der Waals surface area contributed by atoms with E-state index in [1.807, 2.05) is 6.07 Å². The number of hydrogen-bond donors (Lipinski definition) is 0. The largest absolute Gasteiger partial charge is 0.298 e. The molecule has 0 N–H and O–H groups in total. The molecular weight excluding hydrogens is 338 g/mol. The normalized spacial score (nSPS) is 17.4. The zero-order valence-electron chi connectivity index (χ0n) is 14.4. The topological polar surface area (TPSA) is 49.7 Å². The number of alkyl halides is 2. The van der Waals surface area contributed by atoms with Crippen LogP contribution in [0.4, 0.5) is 14.5 Å². The van der Waals surface area contributed by atoms with E-state index >= 15 is 0 Å². The standard InChI is InChI=1S/C20H18F2N2O2/c1-13-18(19(26)24(23-13)16-9-4-3-5-10-16)17(25)12-14-7-6-8-15(11-14)20(2,21)22/h3-11,18H,12H2,1-2H3. The summed E-state index contributed by atoms with van der Waals surface area (Å²) in [7, 11) is 0. The van der Waals surface area contributed by atoms with Crippen molar-refractivity contribution in [1.82, 2.24) is 0 Å². The highest BCUT2D eigenvalue weighted by molar-refractivity contribution is 6.27. The lowest BCUT2D eigenvalue weighted by molar-refractivity contribution is -0.128. The minimum Gasteiger partial charge on any atom is -0.298 e. The van der Waals surface area contributed by atoms with Crippen LogP contribution in [0, 0.1) is 5.92 Å². The molecule has 1 heterocycles. The van der Waals surface area contributed by atoms with Crippen LogP contribution in [0.2, 0.25) is 0 Å². The molecule has 1 aliphatic rings. The van der Waals surface area contributed by atoms with E-state index in [9.17, 15) is 18.4 Å². The second-order valence-corrected chi connectivity index (χ2v) is 6.39. The first kappa shape index (κ1) is 17.9. The van der Waals surface area contributed by atoms with Crippen LogP contribution in [-0.4, -0.2) is 17.4 Å². The zero-order valence-corrected chi connectivity index (χ0v) is 14.4. The van der Waals surface area contributed by atoms with Crippen LogP contribution in [-0.2, 0) is 21.9 Å². The molecule has 0 aliphatic carbocycles. The highest BCUT2D eigenvalue weighted by Crippen LogP contribution is 2.28. The summed E-state index contributed by atoms with van der Waals surface area (Å²) in [6.45, 7) is 2.43. The molecule has 0 radical (unpaired) electrons. The predicted molar refractivity (Wildman–Crippen MR) is 95.2 cm³/mol. The number of anilines is 1.